The second-order valence-electron chi connectivity index (χ2n) is 2.23. The Morgan fingerprint density at radius 1 is 0.846 bits per heavy atom. The molecular formula is C8H4Br2IS2+. The van der Waals surface area contributed by atoms with Crippen molar-refractivity contribution in [2.75, 3.05) is 0 Å². The minimum absolute atomic E-state index is 0.0125. The SMILES string of the molecule is Brc1cscc1[I+]c1cscc1Br. The first kappa shape index (κ1) is 10.6. The maximum absolute atomic E-state index is 3.56. The number of rotatable bonds is 2. The van der Waals surface area contributed by atoms with E-state index in [0.29, 0.717) is 0 Å². The van der Waals surface area contributed by atoms with Gasteiger partial charge in [-0.2, -0.15) is 0 Å². The van der Waals surface area contributed by atoms with Crippen molar-refractivity contribution in [1.82, 2.24) is 0 Å². The molecular weight excluding hydrogens is 447 g/mol. The van der Waals surface area contributed by atoms with Crippen molar-refractivity contribution >= 4 is 54.5 Å². The fourth-order valence-corrected chi connectivity index (χ4v) is 7.69. The number of hydrogen-bond donors (Lipinski definition) is 0. The Balaban J connectivity index is 2.24. The smallest absolute Gasteiger partial charge is 0.146 e. The molecule has 5 heteroatoms. The molecule has 2 rings (SSSR count). The first-order chi connectivity index (χ1) is 6.27. The van der Waals surface area contributed by atoms with E-state index in [1.54, 1.807) is 22.7 Å². The standard InChI is InChI=1S/C8H4Br2IS2/c9-5-1-12-3-7(5)11-8-4-13-2-6(8)10/h1-4H/q+1. The van der Waals surface area contributed by atoms with Crippen LogP contribution in [0.5, 0.6) is 0 Å². The molecule has 0 spiro atoms. The van der Waals surface area contributed by atoms with Crippen LogP contribution in [0.4, 0.5) is 0 Å². The predicted octanol–water partition coefficient (Wildman–Crippen LogP) is 1.46. The second kappa shape index (κ2) is 4.74. The fourth-order valence-electron chi connectivity index (χ4n) is 0.777. The molecule has 13 heavy (non-hydrogen) atoms. The maximum Gasteiger partial charge on any atom is 0.362 e. The van der Waals surface area contributed by atoms with Gasteiger partial charge in [-0.3, -0.25) is 0 Å². The highest BCUT2D eigenvalue weighted by atomic mass is 127. The van der Waals surface area contributed by atoms with E-state index in [2.05, 4.69) is 53.4 Å². The number of thiophene rings is 2. The van der Waals surface area contributed by atoms with Gasteiger partial charge in [0.1, 0.15) is 0 Å². The van der Waals surface area contributed by atoms with Gasteiger partial charge in [-0.1, -0.05) is 0 Å². The van der Waals surface area contributed by atoms with Crippen molar-refractivity contribution in [2.24, 2.45) is 0 Å². The molecule has 2 heterocycles. The molecule has 2 aromatic heterocycles. The van der Waals surface area contributed by atoms with E-state index in [1.807, 2.05) is 0 Å². The van der Waals surface area contributed by atoms with Crippen LogP contribution in [-0.2, 0) is 0 Å². The van der Waals surface area contributed by atoms with E-state index in [-0.39, 0.29) is 21.2 Å². The lowest BCUT2D eigenvalue weighted by Crippen LogP contribution is -3.61. The van der Waals surface area contributed by atoms with Crippen LogP contribution in [-0.4, -0.2) is 0 Å². The molecule has 0 saturated carbocycles. The van der Waals surface area contributed by atoms with E-state index in [0.717, 1.165) is 0 Å². The van der Waals surface area contributed by atoms with Crippen LogP contribution in [0.1, 0.15) is 0 Å². The van der Waals surface area contributed by atoms with Crippen molar-refractivity contribution in [2.45, 2.75) is 0 Å². The zero-order chi connectivity index (χ0) is 9.26. The number of halogens is 3. The van der Waals surface area contributed by atoms with Crippen molar-refractivity contribution in [3.63, 3.8) is 0 Å². The molecule has 0 radical (unpaired) electrons. The molecule has 0 atom stereocenters. The largest absolute Gasteiger partial charge is 0.362 e. The molecule has 0 nitrogen and oxygen atoms in total. The minimum atomic E-state index is -0.0125. The van der Waals surface area contributed by atoms with Crippen LogP contribution in [0.2, 0.25) is 0 Å². The van der Waals surface area contributed by atoms with E-state index in [9.17, 15) is 0 Å². The topological polar surface area (TPSA) is 0 Å². The average molecular weight is 451 g/mol. The molecule has 0 fully saturated rings. The van der Waals surface area contributed by atoms with Crippen LogP contribution < -0.4 is 21.2 Å². The molecule has 2 aromatic rings. The summed E-state index contributed by atoms with van der Waals surface area (Å²) in [4.78, 5) is 0. The normalized spacial score (nSPS) is 10.6. The van der Waals surface area contributed by atoms with Gasteiger partial charge in [-0.05, 0) is 31.9 Å². The van der Waals surface area contributed by atoms with E-state index in [1.165, 1.54) is 16.1 Å². The Bertz CT molecular complexity index is 369. The lowest BCUT2D eigenvalue weighted by Gasteiger charge is -1.79. The first-order valence-corrected chi connectivity index (χ1v) is 8.98. The van der Waals surface area contributed by atoms with Crippen molar-refractivity contribution < 1.29 is 21.2 Å². The Kier molecular flexibility index (Phi) is 3.87. The predicted molar refractivity (Wildman–Crippen MR) is 61.4 cm³/mol. The van der Waals surface area contributed by atoms with Gasteiger partial charge in [0.25, 0.3) is 0 Å². The molecule has 0 aliphatic carbocycles. The van der Waals surface area contributed by atoms with Crippen molar-refractivity contribution in [3.05, 3.63) is 37.6 Å². The lowest BCUT2D eigenvalue weighted by atomic mass is 10.7. The Morgan fingerprint density at radius 2 is 1.31 bits per heavy atom. The highest BCUT2D eigenvalue weighted by molar-refractivity contribution is 9.10. The van der Waals surface area contributed by atoms with Crippen LogP contribution in [0.15, 0.2) is 30.5 Å². The third-order valence-corrected chi connectivity index (χ3v) is 10.0. The summed E-state index contributed by atoms with van der Waals surface area (Å²) in [5.74, 6) is 0. The van der Waals surface area contributed by atoms with Crippen LogP contribution in [0.25, 0.3) is 0 Å². The molecule has 0 aliphatic heterocycles. The van der Waals surface area contributed by atoms with Gasteiger partial charge in [-0.25, -0.2) is 0 Å². The summed E-state index contributed by atoms with van der Waals surface area (Å²) in [7, 11) is 0. The molecule has 0 bridgehead atoms. The number of hydrogen-bond acceptors (Lipinski definition) is 2. The van der Waals surface area contributed by atoms with E-state index < -0.39 is 0 Å². The summed E-state index contributed by atoms with van der Waals surface area (Å²) in [6.45, 7) is 0. The lowest BCUT2D eigenvalue weighted by molar-refractivity contribution is -0.598. The summed E-state index contributed by atoms with van der Waals surface area (Å²) < 4.78 is 5.48. The quantitative estimate of drug-likeness (QED) is 0.608. The van der Waals surface area contributed by atoms with Crippen LogP contribution in [0.3, 0.4) is 0 Å². The highest BCUT2D eigenvalue weighted by Crippen LogP contribution is 2.15. The molecule has 0 saturated heterocycles. The van der Waals surface area contributed by atoms with Crippen molar-refractivity contribution in [1.29, 1.82) is 0 Å². The Morgan fingerprint density at radius 3 is 1.62 bits per heavy atom. The van der Waals surface area contributed by atoms with Gasteiger partial charge in [-0.15, -0.1) is 22.7 Å². The Hall–Kier alpha value is 1.09. The summed E-state index contributed by atoms with van der Waals surface area (Å²) in [6, 6.07) is 0. The Labute approximate surface area is 112 Å². The van der Waals surface area contributed by atoms with Gasteiger partial charge in [0.15, 0.2) is 0 Å². The van der Waals surface area contributed by atoms with Crippen LogP contribution in [0, 0.1) is 7.14 Å². The van der Waals surface area contributed by atoms with Crippen LogP contribution >= 0.6 is 54.5 Å². The zero-order valence-electron chi connectivity index (χ0n) is 6.26. The molecule has 0 aromatic carbocycles. The summed E-state index contributed by atoms with van der Waals surface area (Å²) in [5, 5.41) is 8.77. The zero-order valence-corrected chi connectivity index (χ0v) is 13.2. The third-order valence-electron chi connectivity index (χ3n) is 1.35. The van der Waals surface area contributed by atoms with Gasteiger partial charge in [0.2, 0.25) is 7.14 Å². The van der Waals surface area contributed by atoms with Gasteiger partial charge >= 0.3 is 21.2 Å². The second-order valence-corrected chi connectivity index (χ2v) is 8.29. The molecule has 0 aliphatic rings. The average Bonchev–Trinajstić information content (AvgIpc) is 2.65. The summed E-state index contributed by atoms with van der Waals surface area (Å²) in [6.07, 6.45) is 0. The van der Waals surface area contributed by atoms with Gasteiger partial charge in [0.05, 0.1) is 8.95 Å². The summed E-state index contributed by atoms with van der Waals surface area (Å²) >= 11 is 10.6. The van der Waals surface area contributed by atoms with E-state index in [4.69, 9.17) is 0 Å². The molecule has 68 valence electrons. The minimum Gasteiger partial charge on any atom is -0.146 e. The van der Waals surface area contributed by atoms with Gasteiger partial charge in [0, 0.05) is 21.5 Å². The molecule has 0 unspecified atom stereocenters. The summed E-state index contributed by atoms with van der Waals surface area (Å²) in [5.41, 5.74) is 0. The third kappa shape index (κ3) is 2.56. The first-order valence-electron chi connectivity index (χ1n) is 3.35. The molecule has 0 N–H and O–H groups in total. The molecule has 0 amide bonds. The van der Waals surface area contributed by atoms with Crippen molar-refractivity contribution in [3.8, 4) is 0 Å². The fraction of sp³-hybridized carbons (Fsp3) is 0. The maximum atomic E-state index is 3.56. The van der Waals surface area contributed by atoms with Gasteiger partial charge < -0.3 is 0 Å². The van der Waals surface area contributed by atoms with E-state index >= 15 is 0 Å². The monoisotopic (exact) mass is 449 g/mol. The highest BCUT2D eigenvalue weighted by Gasteiger charge is 2.23.